The molecule has 1 saturated carbocycles. The van der Waals surface area contributed by atoms with E-state index in [0.717, 1.165) is 19.3 Å². The summed E-state index contributed by atoms with van der Waals surface area (Å²) in [7, 11) is 0. The van der Waals surface area contributed by atoms with Gasteiger partial charge in [-0.1, -0.05) is 0 Å². The monoisotopic (exact) mass is 189 g/mol. The van der Waals surface area contributed by atoms with Crippen molar-refractivity contribution in [3.63, 3.8) is 0 Å². The van der Waals surface area contributed by atoms with Gasteiger partial charge in [0.05, 0.1) is 0 Å². The molecule has 0 saturated heterocycles. The smallest absolute Gasteiger partial charge is 0.223 e. The SMILES string of the molecule is CC(Cl)CC(C)NC(=O)C1CC1. The van der Waals surface area contributed by atoms with Crippen LogP contribution in [0.25, 0.3) is 0 Å². The van der Waals surface area contributed by atoms with E-state index in [9.17, 15) is 4.79 Å². The molecule has 0 aromatic carbocycles. The molecule has 1 N–H and O–H groups in total. The summed E-state index contributed by atoms with van der Waals surface area (Å²) < 4.78 is 0. The minimum atomic E-state index is 0.138. The lowest BCUT2D eigenvalue weighted by molar-refractivity contribution is -0.122. The second-order valence-electron chi connectivity index (χ2n) is 3.70. The molecule has 12 heavy (non-hydrogen) atoms. The molecule has 0 aromatic rings. The van der Waals surface area contributed by atoms with Crippen molar-refractivity contribution in [2.24, 2.45) is 5.92 Å². The fourth-order valence-corrected chi connectivity index (χ4v) is 1.52. The maximum absolute atomic E-state index is 11.2. The highest BCUT2D eigenvalue weighted by atomic mass is 35.5. The molecule has 0 aromatic heterocycles. The molecule has 3 heteroatoms. The number of alkyl halides is 1. The number of hydrogen-bond donors (Lipinski definition) is 1. The van der Waals surface area contributed by atoms with Crippen LogP contribution in [0.1, 0.15) is 33.1 Å². The van der Waals surface area contributed by atoms with Gasteiger partial charge >= 0.3 is 0 Å². The van der Waals surface area contributed by atoms with E-state index in [0.29, 0.717) is 5.92 Å². The van der Waals surface area contributed by atoms with Crippen LogP contribution in [0.2, 0.25) is 0 Å². The van der Waals surface area contributed by atoms with Crippen LogP contribution in [-0.2, 0) is 4.79 Å². The Bertz CT molecular complexity index is 166. The van der Waals surface area contributed by atoms with E-state index in [-0.39, 0.29) is 17.3 Å². The molecule has 0 heterocycles. The standard InChI is InChI=1S/C9H16ClNO/c1-6(10)5-7(2)11-9(12)8-3-4-8/h6-8H,3-5H2,1-2H3,(H,11,12). The fourth-order valence-electron chi connectivity index (χ4n) is 1.25. The fraction of sp³-hybridized carbons (Fsp3) is 0.889. The summed E-state index contributed by atoms with van der Waals surface area (Å²) in [6.45, 7) is 3.94. The predicted molar refractivity (Wildman–Crippen MR) is 50.3 cm³/mol. The van der Waals surface area contributed by atoms with Crippen LogP contribution in [0.4, 0.5) is 0 Å². The van der Waals surface area contributed by atoms with Gasteiger partial charge in [-0.3, -0.25) is 4.79 Å². The Hall–Kier alpha value is -0.240. The number of carbonyl (C=O) groups excluding carboxylic acids is 1. The van der Waals surface area contributed by atoms with Gasteiger partial charge in [-0.2, -0.15) is 0 Å². The lowest BCUT2D eigenvalue weighted by atomic mass is 10.2. The predicted octanol–water partition coefficient (Wildman–Crippen LogP) is 1.92. The lowest BCUT2D eigenvalue weighted by Gasteiger charge is -2.14. The lowest BCUT2D eigenvalue weighted by Crippen LogP contribution is -2.34. The van der Waals surface area contributed by atoms with Crippen LogP contribution >= 0.6 is 11.6 Å². The van der Waals surface area contributed by atoms with Crippen molar-refractivity contribution in [2.45, 2.75) is 44.5 Å². The van der Waals surface area contributed by atoms with Crippen LogP contribution < -0.4 is 5.32 Å². The molecule has 0 radical (unpaired) electrons. The number of amides is 1. The molecule has 1 aliphatic carbocycles. The summed E-state index contributed by atoms with van der Waals surface area (Å²) in [6, 6.07) is 0.214. The second-order valence-corrected chi connectivity index (χ2v) is 4.45. The maximum Gasteiger partial charge on any atom is 0.223 e. The number of halogens is 1. The molecule has 2 nitrogen and oxygen atoms in total. The Kier molecular flexibility index (Phi) is 3.39. The van der Waals surface area contributed by atoms with Crippen LogP contribution in [0.15, 0.2) is 0 Å². The zero-order valence-electron chi connectivity index (χ0n) is 7.64. The van der Waals surface area contributed by atoms with Crippen molar-refractivity contribution in [3.8, 4) is 0 Å². The van der Waals surface area contributed by atoms with Crippen molar-refractivity contribution in [3.05, 3.63) is 0 Å². The molecule has 1 aliphatic rings. The van der Waals surface area contributed by atoms with E-state index in [2.05, 4.69) is 5.32 Å². The zero-order valence-corrected chi connectivity index (χ0v) is 8.40. The molecular weight excluding hydrogens is 174 g/mol. The summed E-state index contributed by atoms with van der Waals surface area (Å²) in [5, 5.41) is 3.09. The molecule has 2 atom stereocenters. The van der Waals surface area contributed by atoms with E-state index in [4.69, 9.17) is 11.6 Å². The molecule has 2 unspecified atom stereocenters. The van der Waals surface area contributed by atoms with Crippen LogP contribution in [0.3, 0.4) is 0 Å². The molecule has 1 rings (SSSR count). The second kappa shape index (κ2) is 4.13. The van der Waals surface area contributed by atoms with E-state index in [1.165, 1.54) is 0 Å². The van der Waals surface area contributed by atoms with E-state index in [1.54, 1.807) is 0 Å². The number of carbonyl (C=O) groups is 1. The minimum absolute atomic E-state index is 0.138. The Morgan fingerprint density at radius 1 is 1.58 bits per heavy atom. The van der Waals surface area contributed by atoms with Crippen molar-refractivity contribution in [1.82, 2.24) is 5.32 Å². The highest BCUT2D eigenvalue weighted by Gasteiger charge is 2.30. The quantitative estimate of drug-likeness (QED) is 0.673. The van der Waals surface area contributed by atoms with Crippen molar-refractivity contribution in [1.29, 1.82) is 0 Å². The number of rotatable bonds is 4. The average molecular weight is 190 g/mol. The van der Waals surface area contributed by atoms with Gasteiger partial charge in [0.15, 0.2) is 0 Å². The van der Waals surface area contributed by atoms with Gasteiger partial charge in [-0.05, 0) is 33.1 Å². The van der Waals surface area contributed by atoms with Crippen LogP contribution in [0.5, 0.6) is 0 Å². The summed E-state index contributed by atoms with van der Waals surface area (Å²) in [5.74, 6) is 0.512. The first-order valence-electron chi connectivity index (χ1n) is 4.54. The Morgan fingerprint density at radius 3 is 2.58 bits per heavy atom. The zero-order chi connectivity index (χ0) is 9.14. The van der Waals surface area contributed by atoms with Crippen LogP contribution in [-0.4, -0.2) is 17.3 Å². The number of nitrogens with one attached hydrogen (secondary N) is 1. The Morgan fingerprint density at radius 2 is 2.17 bits per heavy atom. The first kappa shape index (κ1) is 9.85. The van der Waals surface area contributed by atoms with Crippen LogP contribution in [0, 0.1) is 5.92 Å². The average Bonchev–Trinajstić information content (AvgIpc) is 2.63. The minimum Gasteiger partial charge on any atom is -0.353 e. The van der Waals surface area contributed by atoms with Gasteiger partial charge in [-0.15, -0.1) is 11.6 Å². The van der Waals surface area contributed by atoms with Gasteiger partial charge in [-0.25, -0.2) is 0 Å². The molecule has 0 bridgehead atoms. The van der Waals surface area contributed by atoms with Gasteiger partial charge in [0.2, 0.25) is 5.91 Å². The molecule has 70 valence electrons. The van der Waals surface area contributed by atoms with E-state index < -0.39 is 0 Å². The summed E-state index contributed by atoms with van der Waals surface area (Å²) in [4.78, 5) is 11.2. The molecule has 1 amide bonds. The summed E-state index contributed by atoms with van der Waals surface area (Å²) in [6.07, 6.45) is 2.98. The van der Waals surface area contributed by atoms with E-state index in [1.807, 2.05) is 13.8 Å². The van der Waals surface area contributed by atoms with Gasteiger partial charge in [0.25, 0.3) is 0 Å². The van der Waals surface area contributed by atoms with Crippen molar-refractivity contribution >= 4 is 17.5 Å². The highest BCUT2D eigenvalue weighted by Crippen LogP contribution is 2.28. The molecule has 0 aliphatic heterocycles. The van der Waals surface area contributed by atoms with E-state index >= 15 is 0 Å². The molecule has 1 fully saturated rings. The van der Waals surface area contributed by atoms with Crippen molar-refractivity contribution in [2.75, 3.05) is 0 Å². The maximum atomic E-state index is 11.2. The normalized spacial score (nSPS) is 21.6. The number of hydrogen-bond acceptors (Lipinski definition) is 1. The first-order valence-corrected chi connectivity index (χ1v) is 4.97. The summed E-state index contributed by atoms with van der Waals surface area (Å²) in [5.41, 5.74) is 0. The topological polar surface area (TPSA) is 29.1 Å². The molecular formula is C9H16ClNO. The van der Waals surface area contributed by atoms with Gasteiger partial charge in [0, 0.05) is 17.3 Å². The third kappa shape index (κ3) is 3.44. The largest absolute Gasteiger partial charge is 0.353 e. The summed E-state index contributed by atoms with van der Waals surface area (Å²) >= 11 is 5.80. The van der Waals surface area contributed by atoms with Crippen molar-refractivity contribution < 1.29 is 4.79 Å². The van der Waals surface area contributed by atoms with Gasteiger partial charge in [0.1, 0.15) is 0 Å². The first-order chi connectivity index (χ1) is 5.59. The van der Waals surface area contributed by atoms with Gasteiger partial charge < -0.3 is 5.32 Å². The highest BCUT2D eigenvalue weighted by molar-refractivity contribution is 6.20. The molecule has 0 spiro atoms. The Labute approximate surface area is 78.7 Å². The Balaban J connectivity index is 2.15. The third-order valence-corrected chi connectivity index (χ3v) is 2.19. The third-order valence-electron chi connectivity index (χ3n) is 2.02.